The minimum absolute atomic E-state index is 0.412. The van der Waals surface area contributed by atoms with E-state index in [1.807, 2.05) is 24.3 Å². The van der Waals surface area contributed by atoms with Gasteiger partial charge >= 0.3 is 0 Å². The Morgan fingerprint density at radius 1 is 1.25 bits per heavy atom. The van der Waals surface area contributed by atoms with Crippen molar-refractivity contribution in [1.29, 1.82) is 0 Å². The molecule has 0 bridgehead atoms. The highest BCUT2D eigenvalue weighted by Crippen LogP contribution is 2.15. The van der Waals surface area contributed by atoms with Crippen molar-refractivity contribution in [2.24, 2.45) is 4.99 Å². The Morgan fingerprint density at radius 2 is 2.00 bits per heavy atom. The van der Waals surface area contributed by atoms with Gasteiger partial charge in [-0.25, -0.2) is 4.99 Å². The van der Waals surface area contributed by atoms with Crippen molar-refractivity contribution in [3.8, 4) is 5.75 Å². The lowest BCUT2D eigenvalue weighted by Crippen LogP contribution is -2.53. The maximum Gasteiger partial charge on any atom is 0.223 e. The van der Waals surface area contributed by atoms with E-state index in [1.54, 1.807) is 6.92 Å². The molecular formula is C19H27ClN6O2. The quantitative estimate of drug-likeness (QED) is 0.557. The number of aromatic nitrogens is 2. The van der Waals surface area contributed by atoms with Gasteiger partial charge in [0.1, 0.15) is 18.9 Å². The molecule has 2 heterocycles. The molecule has 2 aromatic rings. The highest BCUT2D eigenvalue weighted by Gasteiger charge is 2.19. The monoisotopic (exact) mass is 406 g/mol. The number of hydrogen-bond donors (Lipinski definition) is 1. The molecule has 9 heteroatoms. The van der Waals surface area contributed by atoms with Crippen LogP contribution in [0.4, 0.5) is 0 Å². The topological polar surface area (TPSA) is 79.0 Å². The molecule has 1 aromatic heterocycles. The van der Waals surface area contributed by atoms with E-state index in [2.05, 4.69) is 37.2 Å². The van der Waals surface area contributed by atoms with E-state index >= 15 is 0 Å². The summed E-state index contributed by atoms with van der Waals surface area (Å²) in [7, 11) is 0. The number of aryl methyl sites for hydroxylation is 1. The molecule has 0 radical (unpaired) electrons. The lowest BCUT2D eigenvalue weighted by Gasteiger charge is -2.36. The Bertz CT molecular complexity index is 756. The molecule has 3 rings (SSSR count). The smallest absolute Gasteiger partial charge is 0.223 e. The fourth-order valence-electron chi connectivity index (χ4n) is 2.98. The van der Waals surface area contributed by atoms with Crippen LogP contribution in [0.5, 0.6) is 5.75 Å². The van der Waals surface area contributed by atoms with Gasteiger partial charge in [0.2, 0.25) is 5.89 Å². The maximum absolute atomic E-state index is 5.89. The summed E-state index contributed by atoms with van der Waals surface area (Å²) in [5.41, 5.74) is 0. The molecular weight excluding hydrogens is 380 g/mol. The molecule has 0 unspecified atom stereocenters. The number of nitrogens with one attached hydrogen (secondary N) is 1. The van der Waals surface area contributed by atoms with E-state index in [4.69, 9.17) is 20.9 Å². The van der Waals surface area contributed by atoms with Gasteiger partial charge in [-0.2, -0.15) is 4.98 Å². The zero-order chi connectivity index (χ0) is 19.8. The van der Waals surface area contributed by atoms with Crippen LogP contribution in [-0.4, -0.2) is 71.8 Å². The van der Waals surface area contributed by atoms with Crippen LogP contribution in [0.3, 0.4) is 0 Å². The number of aliphatic imine (C=N–C) groups is 1. The first-order valence-electron chi connectivity index (χ1n) is 9.57. The number of piperazine rings is 1. The zero-order valence-electron chi connectivity index (χ0n) is 16.4. The average Bonchev–Trinajstić information content (AvgIpc) is 3.12. The number of hydrogen-bond acceptors (Lipinski definition) is 6. The van der Waals surface area contributed by atoms with Gasteiger partial charge in [0.15, 0.2) is 11.8 Å². The molecule has 1 aliphatic heterocycles. The lowest BCUT2D eigenvalue weighted by atomic mass is 10.3. The molecule has 0 aliphatic carbocycles. The van der Waals surface area contributed by atoms with Gasteiger partial charge in [0.25, 0.3) is 0 Å². The molecule has 1 fully saturated rings. The second kappa shape index (κ2) is 10.3. The van der Waals surface area contributed by atoms with Crippen LogP contribution >= 0.6 is 11.6 Å². The third kappa shape index (κ3) is 6.10. The van der Waals surface area contributed by atoms with Crippen LogP contribution in [0.25, 0.3) is 0 Å². The lowest BCUT2D eigenvalue weighted by molar-refractivity contribution is 0.152. The van der Waals surface area contributed by atoms with Crippen LogP contribution in [-0.2, 0) is 6.54 Å². The zero-order valence-corrected chi connectivity index (χ0v) is 17.2. The minimum atomic E-state index is 0.412. The average molecular weight is 407 g/mol. The van der Waals surface area contributed by atoms with Crippen LogP contribution < -0.4 is 10.1 Å². The van der Waals surface area contributed by atoms with E-state index in [-0.39, 0.29) is 0 Å². The molecule has 152 valence electrons. The summed E-state index contributed by atoms with van der Waals surface area (Å²) < 4.78 is 10.8. The van der Waals surface area contributed by atoms with Crippen LogP contribution in [0.15, 0.2) is 33.8 Å². The van der Waals surface area contributed by atoms with Crippen molar-refractivity contribution < 1.29 is 9.26 Å². The fraction of sp³-hybridized carbons (Fsp3) is 0.526. The van der Waals surface area contributed by atoms with E-state index in [0.29, 0.717) is 24.9 Å². The number of nitrogens with zero attached hydrogens (tertiary/aromatic N) is 5. The second-order valence-electron chi connectivity index (χ2n) is 6.53. The molecule has 1 N–H and O–H groups in total. The molecule has 1 aromatic carbocycles. The van der Waals surface area contributed by atoms with Gasteiger partial charge in [-0.15, -0.1) is 0 Å². The van der Waals surface area contributed by atoms with Gasteiger partial charge in [-0.3, -0.25) is 4.90 Å². The number of guanidine groups is 1. The Hall–Kier alpha value is -2.32. The molecule has 0 amide bonds. The normalized spacial score (nSPS) is 15.7. The largest absolute Gasteiger partial charge is 0.492 e. The van der Waals surface area contributed by atoms with Gasteiger partial charge in [-0.05, 0) is 31.2 Å². The van der Waals surface area contributed by atoms with Crippen molar-refractivity contribution in [2.45, 2.75) is 20.4 Å². The SMILES string of the molecule is CCNC(=NCc1noc(C)n1)N1CCN(CCOc2ccc(Cl)cc2)CC1. The molecule has 0 atom stereocenters. The highest BCUT2D eigenvalue weighted by molar-refractivity contribution is 6.30. The third-order valence-electron chi connectivity index (χ3n) is 4.44. The molecule has 0 saturated carbocycles. The standard InChI is InChI=1S/C19H27ClN6O2/c1-3-21-19(22-14-18-23-15(2)28-24-18)26-10-8-25(9-11-26)12-13-27-17-6-4-16(20)5-7-17/h4-7H,3,8-14H2,1-2H3,(H,21,22). The van der Waals surface area contributed by atoms with Crippen molar-refractivity contribution in [2.75, 3.05) is 45.9 Å². The first-order chi connectivity index (χ1) is 13.6. The number of halogens is 1. The molecule has 1 saturated heterocycles. The van der Waals surface area contributed by atoms with Crippen LogP contribution in [0.2, 0.25) is 5.02 Å². The number of benzene rings is 1. The second-order valence-corrected chi connectivity index (χ2v) is 6.97. The fourth-order valence-corrected chi connectivity index (χ4v) is 3.11. The Morgan fingerprint density at radius 3 is 2.64 bits per heavy atom. The van der Waals surface area contributed by atoms with Gasteiger partial charge < -0.3 is 19.5 Å². The van der Waals surface area contributed by atoms with Crippen LogP contribution in [0.1, 0.15) is 18.6 Å². The summed E-state index contributed by atoms with van der Waals surface area (Å²) in [6.45, 7) is 10.4. The molecule has 1 aliphatic rings. The van der Waals surface area contributed by atoms with Gasteiger partial charge in [-0.1, -0.05) is 16.8 Å². The van der Waals surface area contributed by atoms with E-state index in [1.165, 1.54) is 0 Å². The predicted molar refractivity (Wildman–Crippen MR) is 109 cm³/mol. The summed E-state index contributed by atoms with van der Waals surface area (Å²) in [5.74, 6) is 2.90. The van der Waals surface area contributed by atoms with Crippen molar-refractivity contribution in [1.82, 2.24) is 25.3 Å². The minimum Gasteiger partial charge on any atom is -0.492 e. The highest BCUT2D eigenvalue weighted by atomic mass is 35.5. The summed E-state index contributed by atoms with van der Waals surface area (Å²) in [6.07, 6.45) is 0. The number of rotatable bonds is 7. The van der Waals surface area contributed by atoms with Crippen molar-refractivity contribution in [3.63, 3.8) is 0 Å². The van der Waals surface area contributed by atoms with E-state index in [0.717, 1.165) is 56.0 Å². The summed E-state index contributed by atoms with van der Waals surface area (Å²) >= 11 is 5.89. The van der Waals surface area contributed by atoms with Crippen molar-refractivity contribution >= 4 is 17.6 Å². The van der Waals surface area contributed by atoms with Gasteiger partial charge in [0, 0.05) is 51.2 Å². The first-order valence-corrected chi connectivity index (χ1v) is 9.95. The van der Waals surface area contributed by atoms with Crippen molar-refractivity contribution in [3.05, 3.63) is 41.0 Å². The maximum atomic E-state index is 5.89. The summed E-state index contributed by atoms with van der Waals surface area (Å²) in [4.78, 5) is 13.5. The molecule has 0 spiro atoms. The Balaban J connectivity index is 1.43. The van der Waals surface area contributed by atoms with E-state index in [9.17, 15) is 0 Å². The predicted octanol–water partition coefficient (Wildman–Crippen LogP) is 2.19. The summed E-state index contributed by atoms with van der Waals surface area (Å²) in [6, 6.07) is 7.47. The molecule has 8 nitrogen and oxygen atoms in total. The third-order valence-corrected chi connectivity index (χ3v) is 4.69. The first kappa shape index (κ1) is 20.4. The molecule has 28 heavy (non-hydrogen) atoms. The van der Waals surface area contributed by atoms with E-state index < -0.39 is 0 Å². The summed E-state index contributed by atoms with van der Waals surface area (Å²) in [5, 5.41) is 7.97. The Labute approximate surface area is 170 Å². The number of ether oxygens (including phenoxy) is 1. The Kier molecular flexibility index (Phi) is 7.50. The van der Waals surface area contributed by atoms with Crippen LogP contribution in [0, 0.1) is 6.92 Å². The van der Waals surface area contributed by atoms with Gasteiger partial charge in [0.05, 0.1) is 0 Å².